The number of hydrogen-bond donors (Lipinski definition) is 1. The quantitative estimate of drug-likeness (QED) is 0.617. The van der Waals surface area contributed by atoms with Gasteiger partial charge >= 0.3 is 5.97 Å². The van der Waals surface area contributed by atoms with Crippen LogP contribution in [-0.4, -0.2) is 32.7 Å². The van der Waals surface area contributed by atoms with Gasteiger partial charge in [-0.3, -0.25) is 4.79 Å². The Balaban J connectivity index is 1.65. The van der Waals surface area contributed by atoms with Gasteiger partial charge in [-0.05, 0) is 35.4 Å². The molecular formula is C23H23NO5. The SMILES string of the molecule is COc1cccc(C(=O)OCC(=O)N[C@@H](C)c2cccc3ccccc23)c1OC. The second kappa shape index (κ2) is 9.10. The van der Waals surface area contributed by atoms with Crippen molar-refractivity contribution in [3.8, 4) is 11.5 Å². The molecule has 3 rings (SSSR count). The van der Waals surface area contributed by atoms with Crippen LogP contribution in [0.2, 0.25) is 0 Å². The highest BCUT2D eigenvalue weighted by Crippen LogP contribution is 2.31. The molecule has 6 nitrogen and oxygen atoms in total. The van der Waals surface area contributed by atoms with Crippen molar-refractivity contribution in [1.82, 2.24) is 5.32 Å². The molecule has 0 heterocycles. The van der Waals surface area contributed by atoms with Crippen LogP contribution in [0, 0.1) is 0 Å². The predicted octanol–water partition coefficient (Wildman–Crippen LogP) is 3.89. The summed E-state index contributed by atoms with van der Waals surface area (Å²) in [5.41, 5.74) is 1.19. The molecule has 150 valence electrons. The summed E-state index contributed by atoms with van der Waals surface area (Å²) in [7, 11) is 2.92. The second-order valence-electron chi connectivity index (χ2n) is 6.47. The van der Waals surface area contributed by atoms with Gasteiger partial charge in [0.1, 0.15) is 5.56 Å². The van der Waals surface area contributed by atoms with Crippen LogP contribution in [0.1, 0.15) is 28.9 Å². The van der Waals surface area contributed by atoms with E-state index >= 15 is 0 Å². The van der Waals surface area contributed by atoms with E-state index in [0.29, 0.717) is 5.75 Å². The fourth-order valence-electron chi connectivity index (χ4n) is 3.25. The number of carbonyl (C=O) groups excluding carboxylic acids is 2. The average Bonchev–Trinajstić information content (AvgIpc) is 2.76. The van der Waals surface area contributed by atoms with Crippen LogP contribution >= 0.6 is 0 Å². The lowest BCUT2D eigenvalue weighted by Crippen LogP contribution is -2.31. The highest BCUT2D eigenvalue weighted by molar-refractivity contribution is 5.95. The average molecular weight is 393 g/mol. The third-order valence-electron chi connectivity index (χ3n) is 4.62. The Morgan fingerprint density at radius 2 is 1.66 bits per heavy atom. The van der Waals surface area contributed by atoms with Crippen LogP contribution in [0.15, 0.2) is 60.7 Å². The maximum atomic E-state index is 12.4. The van der Waals surface area contributed by atoms with Gasteiger partial charge in [0.2, 0.25) is 0 Å². The first-order valence-electron chi connectivity index (χ1n) is 9.20. The van der Waals surface area contributed by atoms with E-state index in [-0.39, 0.29) is 23.3 Å². The highest BCUT2D eigenvalue weighted by atomic mass is 16.5. The van der Waals surface area contributed by atoms with Crippen molar-refractivity contribution in [2.75, 3.05) is 20.8 Å². The smallest absolute Gasteiger partial charge is 0.342 e. The van der Waals surface area contributed by atoms with Crippen molar-refractivity contribution in [2.45, 2.75) is 13.0 Å². The molecule has 0 spiro atoms. The van der Waals surface area contributed by atoms with Crippen molar-refractivity contribution in [3.05, 3.63) is 71.8 Å². The minimum atomic E-state index is -0.659. The van der Waals surface area contributed by atoms with Gasteiger partial charge in [-0.15, -0.1) is 0 Å². The number of fused-ring (bicyclic) bond motifs is 1. The van der Waals surface area contributed by atoms with Crippen molar-refractivity contribution < 1.29 is 23.8 Å². The van der Waals surface area contributed by atoms with Crippen LogP contribution in [-0.2, 0) is 9.53 Å². The van der Waals surface area contributed by atoms with Gasteiger partial charge in [0.25, 0.3) is 5.91 Å². The number of esters is 1. The van der Waals surface area contributed by atoms with Crippen molar-refractivity contribution >= 4 is 22.6 Å². The van der Waals surface area contributed by atoms with Gasteiger partial charge in [0.05, 0.1) is 20.3 Å². The summed E-state index contributed by atoms with van der Waals surface area (Å²) in [4.78, 5) is 24.7. The molecule has 0 saturated carbocycles. The number of para-hydroxylation sites is 1. The van der Waals surface area contributed by atoms with Crippen LogP contribution in [0.3, 0.4) is 0 Å². The molecule has 6 heteroatoms. The Morgan fingerprint density at radius 3 is 2.41 bits per heavy atom. The zero-order chi connectivity index (χ0) is 20.8. The molecule has 1 N–H and O–H groups in total. The minimum Gasteiger partial charge on any atom is -0.493 e. The summed E-state index contributed by atoms with van der Waals surface area (Å²) in [5, 5.41) is 5.04. The van der Waals surface area contributed by atoms with Gasteiger partial charge in [0.15, 0.2) is 18.1 Å². The third kappa shape index (κ3) is 4.48. The molecule has 0 aliphatic rings. The molecule has 0 fully saturated rings. The summed E-state index contributed by atoms with van der Waals surface area (Å²) >= 11 is 0. The largest absolute Gasteiger partial charge is 0.493 e. The molecule has 0 saturated heterocycles. The lowest BCUT2D eigenvalue weighted by Gasteiger charge is -2.17. The fraction of sp³-hybridized carbons (Fsp3) is 0.217. The zero-order valence-corrected chi connectivity index (χ0v) is 16.6. The standard InChI is InChI=1S/C23H23NO5/c1-15(17-11-6-9-16-8-4-5-10-18(16)17)24-21(25)14-29-23(26)19-12-7-13-20(27-2)22(19)28-3/h4-13,15H,14H2,1-3H3,(H,24,25)/t15-/m0/s1. The lowest BCUT2D eigenvalue weighted by atomic mass is 10.00. The molecule has 0 radical (unpaired) electrons. The van der Waals surface area contributed by atoms with Crippen molar-refractivity contribution in [1.29, 1.82) is 0 Å². The first-order chi connectivity index (χ1) is 14.0. The highest BCUT2D eigenvalue weighted by Gasteiger charge is 2.19. The molecule has 1 amide bonds. The molecule has 1 atom stereocenters. The number of amides is 1. The molecule has 0 aromatic heterocycles. The van der Waals surface area contributed by atoms with Gasteiger partial charge in [-0.2, -0.15) is 0 Å². The topological polar surface area (TPSA) is 73.9 Å². The van der Waals surface area contributed by atoms with Crippen LogP contribution in [0.4, 0.5) is 0 Å². The molecule has 0 aliphatic carbocycles. The Kier molecular flexibility index (Phi) is 6.34. The van der Waals surface area contributed by atoms with Crippen molar-refractivity contribution in [2.24, 2.45) is 0 Å². The van der Waals surface area contributed by atoms with E-state index in [1.54, 1.807) is 18.2 Å². The number of rotatable bonds is 7. The number of benzene rings is 3. The van der Waals surface area contributed by atoms with Gasteiger partial charge in [-0.1, -0.05) is 48.5 Å². The van der Waals surface area contributed by atoms with E-state index in [0.717, 1.165) is 16.3 Å². The maximum Gasteiger partial charge on any atom is 0.342 e. The molecule has 0 unspecified atom stereocenters. The van der Waals surface area contributed by atoms with Crippen LogP contribution in [0.25, 0.3) is 10.8 Å². The van der Waals surface area contributed by atoms with E-state index in [4.69, 9.17) is 14.2 Å². The summed E-state index contributed by atoms with van der Waals surface area (Å²) in [6, 6.07) is 18.6. The summed E-state index contributed by atoms with van der Waals surface area (Å²) in [6.07, 6.45) is 0. The first kappa shape index (κ1) is 20.2. The van der Waals surface area contributed by atoms with E-state index in [2.05, 4.69) is 5.32 Å². The van der Waals surface area contributed by atoms with E-state index in [9.17, 15) is 9.59 Å². The maximum absolute atomic E-state index is 12.4. The molecule has 29 heavy (non-hydrogen) atoms. The molecule has 0 aliphatic heterocycles. The Labute approximate surface area is 169 Å². The Morgan fingerprint density at radius 1 is 0.931 bits per heavy atom. The van der Waals surface area contributed by atoms with Gasteiger partial charge in [-0.25, -0.2) is 4.79 Å². The summed E-state index contributed by atoms with van der Waals surface area (Å²) in [5.74, 6) is -0.366. The molecule has 3 aromatic rings. The normalized spacial score (nSPS) is 11.6. The number of nitrogens with one attached hydrogen (secondary N) is 1. The van der Waals surface area contributed by atoms with E-state index < -0.39 is 12.6 Å². The Bertz CT molecular complexity index is 1030. The number of carbonyl (C=O) groups is 2. The lowest BCUT2D eigenvalue weighted by molar-refractivity contribution is -0.124. The predicted molar refractivity (Wildman–Crippen MR) is 110 cm³/mol. The summed E-state index contributed by atoms with van der Waals surface area (Å²) in [6.45, 7) is 1.50. The Hall–Kier alpha value is -3.54. The molecule has 0 bridgehead atoms. The molecule has 3 aromatic carbocycles. The molecular weight excluding hydrogens is 370 g/mol. The third-order valence-corrected chi connectivity index (χ3v) is 4.62. The second-order valence-corrected chi connectivity index (χ2v) is 6.47. The number of methoxy groups -OCH3 is 2. The first-order valence-corrected chi connectivity index (χ1v) is 9.20. The minimum absolute atomic E-state index is 0.196. The van der Waals surface area contributed by atoms with Gasteiger partial charge in [0, 0.05) is 0 Å². The summed E-state index contributed by atoms with van der Waals surface area (Å²) < 4.78 is 15.6. The number of ether oxygens (including phenoxy) is 3. The van der Waals surface area contributed by atoms with Crippen LogP contribution in [0.5, 0.6) is 11.5 Å². The van der Waals surface area contributed by atoms with Crippen molar-refractivity contribution in [3.63, 3.8) is 0 Å². The van der Waals surface area contributed by atoms with E-state index in [1.165, 1.54) is 14.2 Å². The zero-order valence-electron chi connectivity index (χ0n) is 16.6. The van der Waals surface area contributed by atoms with Crippen LogP contribution < -0.4 is 14.8 Å². The van der Waals surface area contributed by atoms with E-state index in [1.807, 2.05) is 49.4 Å². The van der Waals surface area contributed by atoms with Gasteiger partial charge < -0.3 is 19.5 Å². The fourth-order valence-corrected chi connectivity index (χ4v) is 3.25. The number of hydrogen-bond acceptors (Lipinski definition) is 5. The monoisotopic (exact) mass is 393 g/mol.